The van der Waals surface area contributed by atoms with E-state index >= 15 is 0 Å². The average molecular weight is 450 g/mol. The number of nitrogens with one attached hydrogen (secondary N) is 1. The van der Waals surface area contributed by atoms with Crippen LogP contribution >= 0.6 is 0 Å². The molecule has 0 fully saturated rings. The highest BCUT2D eigenvalue weighted by Crippen LogP contribution is 2.19. The van der Waals surface area contributed by atoms with E-state index in [-0.39, 0.29) is 18.1 Å². The van der Waals surface area contributed by atoms with Crippen molar-refractivity contribution < 1.29 is 22.4 Å². The summed E-state index contributed by atoms with van der Waals surface area (Å²) >= 11 is 0. The van der Waals surface area contributed by atoms with Crippen molar-refractivity contribution in [2.45, 2.75) is 25.8 Å². The number of sulfonamides is 1. The normalized spacial score (nSPS) is 12.1. The maximum atomic E-state index is 13.3. The van der Waals surface area contributed by atoms with Gasteiger partial charge in [0.2, 0.25) is 21.8 Å². The third-order valence-electron chi connectivity index (χ3n) is 4.91. The Hall–Kier alpha value is -2.94. The first-order valence-electron chi connectivity index (χ1n) is 9.95. The Bertz CT molecular complexity index is 982. The van der Waals surface area contributed by atoms with Crippen molar-refractivity contribution in [1.82, 2.24) is 10.2 Å². The molecule has 31 heavy (non-hydrogen) atoms. The molecular weight excluding hydrogens is 421 g/mol. The quantitative estimate of drug-likeness (QED) is 0.602. The first kappa shape index (κ1) is 24.3. The summed E-state index contributed by atoms with van der Waals surface area (Å²) < 4.78 is 38.9. The lowest BCUT2D eigenvalue weighted by Crippen LogP contribution is -2.52. The Morgan fingerprint density at radius 3 is 2.19 bits per heavy atom. The van der Waals surface area contributed by atoms with Crippen molar-refractivity contribution in [2.24, 2.45) is 0 Å². The number of amides is 2. The average Bonchev–Trinajstić information content (AvgIpc) is 2.75. The minimum absolute atomic E-state index is 0.174. The molecule has 2 amide bonds. The molecular formula is C22H28FN3O4S. The van der Waals surface area contributed by atoms with Crippen molar-refractivity contribution >= 4 is 27.5 Å². The minimum atomic E-state index is -3.82. The standard InChI is InChI=1S/C22H28FN3O4S/c1-4-20(22(28)24-2)25(15-14-17-8-6-5-7-9-17)21(27)16-26(31(3,29)30)19-12-10-18(23)11-13-19/h5-13,20H,4,14-16H2,1-3H3,(H,24,28). The van der Waals surface area contributed by atoms with Crippen LogP contribution in [0, 0.1) is 5.82 Å². The molecule has 0 heterocycles. The Labute approximate surface area is 182 Å². The van der Waals surface area contributed by atoms with Gasteiger partial charge in [-0.1, -0.05) is 37.3 Å². The maximum Gasteiger partial charge on any atom is 0.244 e. The van der Waals surface area contributed by atoms with Gasteiger partial charge in [0, 0.05) is 13.6 Å². The second kappa shape index (κ2) is 10.9. The van der Waals surface area contributed by atoms with Crippen LogP contribution in [0.1, 0.15) is 18.9 Å². The van der Waals surface area contributed by atoms with Crippen LogP contribution < -0.4 is 9.62 Å². The Morgan fingerprint density at radius 2 is 1.68 bits per heavy atom. The van der Waals surface area contributed by atoms with Gasteiger partial charge in [0.25, 0.3) is 0 Å². The summed E-state index contributed by atoms with van der Waals surface area (Å²) in [6, 6.07) is 13.6. The fourth-order valence-electron chi connectivity index (χ4n) is 3.28. The molecule has 0 radical (unpaired) electrons. The zero-order valence-corrected chi connectivity index (χ0v) is 18.7. The molecule has 2 aromatic carbocycles. The number of benzene rings is 2. The summed E-state index contributed by atoms with van der Waals surface area (Å²) in [6.45, 7) is 1.54. The molecule has 0 aliphatic carbocycles. The van der Waals surface area contributed by atoms with Gasteiger partial charge in [0.1, 0.15) is 18.4 Å². The summed E-state index contributed by atoms with van der Waals surface area (Å²) in [6.07, 6.45) is 1.86. The molecule has 1 N–H and O–H groups in total. The maximum absolute atomic E-state index is 13.3. The van der Waals surface area contributed by atoms with Gasteiger partial charge in [-0.15, -0.1) is 0 Å². The van der Waals surface area contributed by atoms with E-state index in [4.69, 9.17) is 0 Å². The van der Waals surface area contributed by atoms with E-state index in [1.165, 1.54) is 24.1 Å². The second-order valence-corrected chi connectivity index (χ2v) is 9.01. The number of rotatable bonds is 10. The monoisotopic (exact) mass is 449 g/mol. The van der Waals surface area contributed by atoms with Crippen molar-refractivity contribution in [1.29, 1.82) is 0 Å². The van der Waals surface area contributed by atoms with Crippen molar-refractivity contribution in [3.63, 3.8) is 0 Å². The van der Waals surface area contributed by atoms with Gasteiger partial charge in [-0.3, -0.25) is 13.9 Å². The topological polar surface area (TPSA) is 86.8 Å². The van der Waals surface area contributed by atoms with Gasteiger partial charge in [0.15, 0.2) is 0 Å². The van der Waals surface area contributed by atoms with Crippen LogP contribution in [0.15, 0.2) is 54.6 Å². The van der Waals surface area contributed by atoms with E-state index in [1.54, 1.807) is 6.92 Å². The number of carbonyl (C=O) groups is 2. The second-order valence-electron chi connectivity index (χ2n) is 7.11. The SMILES string of the molecule is CCC(C(=O)NC)N(CCc1ccccc1)C(=O)CN(c1ccc(F)cc1)S(C)(=O)=O. The van der Waals surface area contributed by atoms with Crippen molar-refractivity contribution in [3.8, 4) is 0 Å². The van der Waals surface area contributed by atoms with Gasteiger partial charge in [-0.05, 0) is 42.7 Å². The Kier molecular flexibility index (Phi) is 8.56. The van der Waals surface area contributed by atoms with Gasteiger partial charge in [-0.2, -0.15) is 0 Å². The fraction of sp³-hybridized carbons (Fsp3) is 0.364. The highest BCUT2D eigenvalue weighted by atomic mass is 32.2. The lowest BCUT2D eigenvalue weighted by Gasteiger charge is -2.32. The summed E-state index contributed by atoms with van der Waals surface area (Å²) in [4.78, 5) is 27.1. The minimum Gasteiger partial charge on any atom is -0.357 e. The van der Waals surface area contributed by atoms with Gasteiger partial charge in [0.05, 0.1) is 11.9 Å². The van der Waals surface area contributed by atoms with E-state index in [1.807, 2.05) is 30.3 Å². The van der Waals surface area contributed by atoms with Crippen LogP contribution in [0.4, 0.5) is 10.1 Å². The van der Waals surface area contributed by atoms with Crippen LogP contribution in [-0.2, 0) is 26.0 Å². The van der Waals surface area contributed by atoms with Crippen LogP contribution in [0.2, 0.25) is 0 Å². The largest absolute Gasteiger partial charge is 0.357 e. The van der Waals surface area contributed by atoms with E-state index < -0.39 is 34.3 Å². The number of carbonyl (C=O) groups excluding carboxylic acids is 2. The molecule has 1 atom stereocenters. The molecule has 2 aromatic rings. The summed E-state index contributed by atoms with van der Waals surface area (Å²) in [5, 5.41) is 2.56. The zero-order chi connectivity index (χ0) is 23.0. The highest BCUT2D eigenvalue weighted by Gasteiger charge is 2.30. The van der Waals surface area contributed by atoms with E-state index in [2.05, 4.69) is 5.32 Å². The molecule has 9 heteroatoms. The van der Waals surface area contributed by atoms with Crippen LogP contribution in [0.5, 0.6) is 0 Å². The third kappa shape index (κ3) is 6.78. The predicted molar refractivity (Wildman–Crippen MR) is 119 cm³/mol. The van der Waals surface area contributed by atoms with Gasteiger partial charge < -0.3 is 10.2 Å². The zero-order valence-electron chi connectivity index (χ0n) is 17.9. The summed E-state index contributed by atoms with van der Waals surface area (Å²) in [5.41, 5.74) is 1.17. The van der Waals surface area contributed by atoms with Crippen molar-refractivity contribution in [3.05, 3.63) is 66.0 Å². The molecule has 7 nitrogen and oxygen atoms in total. The van der Waals surface area contributed by atoms with Gasteiger partial charge in [-0.25, -0.2) is 12.8 Å². The highest BCUT2D eigenvalue weighted by molar-refractivity contribution is 7.92. The number of likely N-dealkylation sites (N-methyl/N-ethyl adjacent to an activating group) is 1. The Balaban J connectivity index is 2.32. The number of hydrogen-bond acceptors (Lipinski definition) is 4. The van der Waals surface area contributed by atoms with Crippen LogP contribution in [0.3, 0.4) is 0 Å². The first-order valence-corrected chi connectivity index (χ1v) is 11.8. The third-order valence-corrected chi connectivity index (χ3v) is 6.05. The molecule has 2 rings (SSSR count). The number of nitrogens with zero attached hydrogens (tertiary/aromatic N) is 2. The van der Waals surface area contributed by atoms with Crippen molar-refractivity contribution in [2.75, 3.05) is 30.7 Å². The predicted octanol–water partition coefficient (Wildman–Crippen LogP) is 2.19. The lowest BCUT2D eigenvalue weighted by molar-refractivity contribution is -0.139. The van der Waals surface area contributed by atoms with E-state index in [0.717, 1.165) is 28.3 Å². The molecule has 0 bridgehead atoms. The molecule has 0 saturated carbocycles. The smallest absolute Gasteiger partial charge is 0.244 e. The number of anilines is 1. The summed E-state index contributed by atoms with van der Waals surface area (Å²) in [5.74, 6) is -1.35. The molecule has 0 saturated heterocycles. The first-order chi connectivity index (χ1) is 14.7. The molecule has 168 valence electrons. The molecule has 1 unspecified atom stereocenters. The summed E-state index contributed by atoms with van der Waals surface area (Å²) in [7, 11) is -2.33. The van der Waals surface area contributed by atoms with E-state index in [9.17, 15) is 22.4 Å². The molecule has 0 aliphatic rings. The number of halogens is 1. The molecule has 0 aromatic heterocycles. The fourth-order valence-corrected chi connectivity index (χ4v) is 4.13. The molecule has 0 spiro atoms. The van der Waals surface area contributed by atoms with Gasteiger partial charge >= 0.3 is 0 Å². The number of hydrogen-bond donors (Lipinski definition) is 1. The van der Waals surface area contributed by atoms with E-state index in [0.29, 0.717) is 12.8 Å². The Morgan fingerprint density at radius 1 is 1.06 bits per heavy atom. The van der Waals surface area contributed by atoms with Crippen LogP contribution in [0.25, 0.3) is 0 Å². The molecule has 0 aliphatic heterocycles. The lowest BCUT2D eigenvalue weighted by atomic mass is 10.1. The van der Waals surface area contributed by atoms with Crippen LogP contribution in [-0.4, -0.2) is 57.6 Å².